The molecule has 0 unspecified atom stereocenters. The second-order valence-electron chi connectivity index (χ2n) is 5.90. The van der Waals surface area contributed by atoms with Crippen LogP contribution in [0.1, 0.15) is 22.8 Å². The number of Topliss-reactive ketones (excluding diaryl/α,β-unsaturated/α-hetero) is 1. The largest absolute Gasteiger partial charge is 0.497 e. The van der Waals surface area contributed by atoms with Gasteiger partial charge < -0.3 is 9.64 Å². The fourth-order valence-electron chi connectivity index (χ4n) is 2.43. The van der Waals surface area contributed by atoms with E-state index in [1.165, 1.54) is 19.1 Å². The first-order valence-corrected chi connectivity index (χ1v) is 9.38. The van der Waals surface area contributed by atoms with Crippen LogP contribution in [0, 0.1) is 5.82 Å². The molecular weight excluding hydrogens is 365 g/mol. The number of carbonyl (C=O) groups is 2. The second kappa shape index (κ2) is 9.92. The van der Waals surface area contributed by atoms with Crippen LogP contribution in [0.4, 0.5) is 4.39 Å². The van der Waals surface area contributed by atoms with E-state index in [4.69, 9.17) is 4.74 Å². The molecule has 1 amide bonds. The highest BCUT2D eigenvalue weighted by molar-refractivity contribution is 8.00. The quantitative estimate of drug-likeness (QED) is 0.365. The first-order valence-electron chi connectivity index (χ1n) is 8.39. The lowest BCUT2D eigenvalue weighted by Gasteiger charge is -2.21. The van der Waals surface area contributed by atoms with E-state index in [9.17, 15) is 14.0 Å². The van der Waals surface area contributed by atoms with Crippen molar-refractivity contribution in [1.82, 2.24) is 4.90 Å². The van der Waals surface area contributed by atoms with E-state index in [1.807, 2.05) is 24.3 Å². The van der Waals surface area contributed by atoms with E-state index in [0.29, 0.717) is 23.5 Å². The van der Waals surface area contributed by atoms with Crippen molar-refractivity contribution in [2.24, 2.45) is 0 Å². The molecule has 0 bridgehead atoms. The van der Waals surface area contributed by atoms with Gasteiger partial charge in [0, 0.05) is 23.5 Å². The van der Waals surface area contributed by atoms with Gasteiger partial charge >= 0.3 is 0 Å². The molecule has 142 valence electrons. The summed E-state index contributed by atoms with van der Waals surface area (Å²) in [5.74, 6) is 0.0376. The molecule has 2 aromatic carbocycles. The van der Waals surface area contributed by atoms with Crippen molar-refractivity contribution in [3.05, 3.63) is 72.1 Å². The minimum atomic E-state index is -0.495. The molecule has 0 N–H and O–H groups in total. The van der Waals surface area contributed by atoms with Gasteiger partial charge in [-0.25, -0.2) is 4.39 Å². The van der Waals surface area contributed by atoms with Crippen LogP contribution in [0.25, 0.3) is 0 Å². The maximum atomic E-state index is 14.1. The van der Waals surface area contributed by atoms with Gasteiger partial charge in [-0.15, -0.1) is 18.3 Å². The Balaban J connectivity index is 2.01. The minimum absolute atomic E-state index is 0.0976. The molecular formula is C21H22FNO3S. The highest BCUT2D eigenvalue weighted by Gasteiger charge is 2.15. The van der Waals surface area contributed by atoms with Crippen LogP contribution >= 0.6 is 11.8 Å². The summed E-state index contributed by atoms with van der Waals surface area (Å²) in [4.78, 5) is 25.9. The van der Waals surface area contributed by atoms with Crippen LogP contribution in [0.2, 0.25) is 0 Å². The van der Waals surface area contributed by atoms with Gasteiger partial charge in [-0.3, -0.25) is 9.59 Å². The number of carbonyl (C=O) groups excluding carboxylic acids is 2. The third-order valence-corrected chi connectivity index (χ3v) is 4.96. The lowest BCUT2D eigenvalue weighted by molar-refractivity contribution is -0.128. The molecule has 0 atom stereocenters. The number of hydrogen-bond acceptors (Lipinski definition) is 4. The lowest BCUT2D eigenvalue weighted by atomic mass is 10.1. The Morgan fingerprint density at radius 2 is 1.93 bits per heavy atom. The Morgan fingerprint density at radius 3 is 2.48 bits per heavy atom. The predicted molar refractivity (Wildman–Crippen MR) is 106 cm³/mol. The van der Waals surface area contributed by atoms with E-state index in [1.54, 1.807) is 24.2 Å². The van der Waals surface area contributed by atoms with Gasteiger partial charge in [0.15, 0.2) is 5.78 Å². The van der Waals surface area contributed by atoms with Crippen LogP contribution in [0.5, 0.6) is 5.75 Å². The molecule has 0 spiro atoms. The molecule has 0 radical (unpaired) electrons. The van der Waals surface area contributed by atoms with Gasteiger partial charge in [-0.05, 0) is 36.8 Å². The molecule has 0 aliphatic heterocycles. The fourth-order valence-corrected chi connectivity index (χ4v) is 3.25. The van der Waals surface area contributed by atoms with Crippen LogP contribution in [0.15, 0.2) is 60.0 Å². The number of hydrogen-bond donors (Lipinski definition) is 0. The maximum Gasteiger partial charge on any atom is 0.233 e. The first kappa shape index (κ1) is 20.7. The molecule has 0 aliphatic carbocycles. The number of amides is 1. The Bertz CT molecular complexity index is 821. The third-order valence-electron chi connectivity index (χ3n) is 3.92. The predicted octanol–water partition coefficient (Wildman–Crippen LogP) is 4.34. The Labute approximate surface area is 163 Å². The molecule has 6 heteroatoms. The van der Waals surface area contributed by atoms with Crippen molar-refractivity contribution in [2.75, 3.05) is 19.4 Å². The minimum Gasteiger partial charge on any atom is -0.497 e. The Morgan fingerprint density at radius 1 is 1.22 bits per heavy atom. The molecule has 4 nitrogen and oxygen atoms in total. The zero-order valence-corrected chi connectivity index (χ0v) is 16.2. The summed E-state index contributed by atoms with van der Waals surface area (Å²) in [6, 6.07) is 11.8. The molecule has 2 aromatic rings. The molecule has 0 aliphatic rings. The topological polar surface area (TPSA) is 46.6 Å². The second-order valence-corrected chi connectivity index (χ2v) is 6.92. The molecule has 0 saturated carbocycles. The average Bonchev–Trinajstić information content (AvgIpc) is 2.66. The maximum absolute atomic E-state index is 14.1. The van der Waals surface area contributed by atoms with E-state index < -0.39 is 5.82 Å². The van der Waals surface area contributed by atoms with Gasteiger partial charge in [0.05, 0.1) is 12.9 Å². The Hall–Kier alpha value is -2.60. The zero-order valence-electron chi connectivity index (χ0n) is 15.4. The third kappa shape index (κ3) is 5.96. The monoisotopic (exact) mass is 387 g/mol. The van der Waals surface area contributed by atoms with Gasteiger partial charge in [-0.2, -0.15) is 0 Å². The SMILES string of the molecule is C=CCN(Cc1ccc(OC)cc1)C(=O)CSc1ccc(C(C)=O)cc1F. The average molecular weight is 387 g/mol. The highest BCUT2D eigenvalue weighted by Crippen LogP contribution is 2.24. The summed E-state index contributed by atoms with van der Waals surface area (Å²) in [6.07, 6.45) is 1.66. The van der Waals surface area contributed by atoms with Crippen molar-refractivity contribution < 1.29 is 18.7 Å². The van der Waals surface area contributed by atoms with E-state index >= 15 is 0 Å². The standard InChI is InChI=1S/C21H22FNO3S/c1-4-11-23(13-16-5-8-18(26-3)9-6-16)21(25)14-27-20-10-7-17(15(2)24)12-19(20)22/h4-10,12H,1,11,13-14H2,2-3H3. The van der Waals surface area contributed by atoms with Gasteiger partial charge in [-0.1, -0.05) is 24.3 Å². The number of ketones is 1. The summed E-state index contributed by atoms with van der Waals surface area (Å²) < 4.78 is 19.2. The number of rotatable bonds is 9. The van der Waals surface area contributed by atoms with E-state index in [0.717, 1.165) is 23.1 Å². The van der Waals surface area contributed by atoms with Crippen molar-refractivity contribution in [3.8, 4) is 5.75 Å². The van der Waals surface area contributed by atoms with Crippen LogP contribution in [0.3, 0.4) is 0 Å². The number of halogens is 1. The van der Waals surface area contributed by atoms with Crippen molar-refractivity contribution in [3.63, 3.8) is 0 Å². The number of methoxy groups -OCH3 is 1. The summed E-state index contributed by atoms with van der Waals surface area (Å²) in [5, 5.41) is 0. The van der Waals surface area contributed by atoms with Crippen LogP contribution in [-0.4, -0.2) is 36.0 Å². The van der Waals surface area contributed by atoms with E-state index in [-0.39, 0.29) is 17.4 Å². The fraction of sp³-hybridized carbons (Fsp3) is 0.238. The number of ether oxygens (including phenoxy) is 1. The summed E-state index contributed by atoms with van der Waals surface area (Å²) in [6.45, 7) is 5.92. The normalized spacial score (nSPS) is 10.3. The molecule has 0 aromatic heterocycles. The molecule has 0 heterocycles. The van der Waals surface area contributed by atoms with Crippen molar-refractivity contribution >= 4 is 23.5 Å². The van der Waals surface area contributed by atoms with Gasteiger partial charge in [0.25, 0.3) is 0 Å². The number of nitrogens with zero attached hydrogens (tertiary/aromatic N) is 1. The van der Waals surface area contributed by atoms with Crippen molar-refractivity contribution in [1.29, 1.82) is 0 Å². The smallest absolute Gasteiger partial charge is 0.233 e. The molecule has 0 fully saturated rings. The molecule has 2 rings (SSSR count). The van der Waals surface area contributed by atoms with Crippen LogP contribution < -0.4 is 4.74 Å². The van der Waals surface area contributed by atoms with Gasteiger partial charge in [0.2, 0.25) is 5.91 Å². The van der Waals surface area contributed by atoms with E-state index in [2.05, 4.69) is 6.58 Å². The number of benzene rings is 2. The van der Waals surface area contributed by atoms with Crippen molar-refractivity contribution in [2.45, 2.75) is 18.4 Å². The zero-order chi connectivity index (χ0) is 19.8. The number of thioether (sulfide) groups is 1. The first-order chi connectivity index (χ1) is 12.9. The summed E-state index contributed by atoms with van der Waals surface area (Å²) in [7, 11) is 1.60. The lowest BCUT2D eigenvalue weighted by Crippen LogP contribution is -2.32. The highest BCUT2D eigenvalue weighted by atomic mass is 32.2. The van der Waals surface area contributed by atoms with Gasteiger partial charge in [0.1, 0.15) is 11.6 Å². The van der Waals surface area contributed by atoms with Crippen LogP contribution in [-0.2, 0) is 11.3 Å². The summed E-state index contributed by atoms with van der Waals surface area (Å²) in [5.41, 5.74) is 1.28. The molecule has 0 saturated heterocycles. The summed E-state index contributed by atoms with van der Waals surface area (Å²) >= 11 is 1.11. The Kier molecular flexibility index (Phi) is 7.61. The molecule has 27 heavy (non-hydrogen) atoms.